The molecule has 2 aromatic rings. The van der Waals surface area contributed by atoms with Crippen molar-refractivity contribution < 1.29 is 18.3 Å². The third-order valence-corrected chi connectivity index (χ3v) is 4.86. The Kier molecular flexibility index (Phi) is 11.5. The van der Waals surface area contributed by atoms with Crippen molar-refractivity contribution in [1.29, 1.82) is 0 Å². The number of unbranched alkanes of at least 4 members (excludes halogenated alkanes) is 5. The fraction of sp³-hybridized carbons (Fsp3) is 0.364. The van der Waals surface area contributed by atoms with Crippen molar-refractivity contribution in [3.8, 4) is 5.75 Å². The van der Waals surface area contributed by atoms with Gasteiger partial charge >= 0.3 is 6.03 Å². The van der Waals surface area contributed by atoms with Gasteiger partial charge in [-0.1, -0.05) is 37.8 Å². The van der Waals surface area contributed by atoms with Crippen LogP contribution in [0.1, 0.15) is 38.5 Å². The van der Waals surface area contributed by atoms with Crippen LogP contribution in [0.5, 0.6) is 5.75 Å². The fourth-order valence-electron chi connectivity index (χ4n) is 2.95. The molecule has 10 heteroatoms. The molecule has 0 fully saturated rings. The first-order valence-corrected chi connectivity index (χ1v) is 11.1. The lowest BCUT2D eigenvalue weighted by Crippen LogP contribution is -2.29. The Morgan fingerprint density at radius 1 is 0.938 bits per heavy atom. The molecule has 0 atom stereocenters. The van der Waals surface area contributed by atoms with Crippen molar-refractivity contribution in [2.45, 2.75) is 38.5 Å². The third kappa shape index (κ3) is 10.1. The summed E-state index contributed by atoms with van der Waals surface area (Å²) >= 11 is 9.51. The van der Waals surface area contributed by atoms with E-state index in [1.165, 1.54) is 12.1 Å². The molecule has 2 rings (SSSR count). The predicted octanol–water partition coefficient (Wildman–Crippen LogP) is 5.93. The summed E-state index contributed by atoms with van der Waals surface area (Å²) in [4.78, 5) is 11.3. The highest BCUT2D eigenvalue weighted by atomic mass is 32.1. The van der Waals surface area contributed by atoms with Gasteiger partial charge in [-0.3, -0.25) is 0 Å². The van der Waals surface area contributed by atoms with Crippen molar-refractivity contribution in [1.82, 2.24) is 5.32 Å². The molecule has 0 saturated carbocycles. The predicted molar refractivity (Wildman–Crippen MR) is 129 cm³/mol. The zero-order chi connectivity index (χ0) is 23.2. The maximum Gasteiger partial charge on any atom is 0.356 e. The van der Waals surface area contributed by atoms with Crippen LogP contribution < -0.4 is 20.7 Å². The molecule has 0 aliphatic carbocycles. The second kappa shape index (κ2) is 14.4. The number of amides is 2. The molecule has 0 spiro atoms. The van der Waals surface area contributed by atoms with E-state index in [-0.39, 0.29) is 5.69 Å². The van der Waals surface area contributed by atoms with Gasteiger partial charge in [0.1, 0.15) is 17.4 Å². The van der Waals surface area contributed by atoms with E-state index in [1.807, 2.05) is 6.07 Å². The normalized spacial score (nSPS) is 10.3. The molecule has 0 unspecified atom stereocenters. The van der Waals surface area contributed by atoms with Crippen LogP contribution in [0.15, 0.2) is 46.8 Å². The summed E-state index contributed by atoms with van der Waals surface area (Å²) in [5.74, 6) is -0.712. The molecule has 0 aromatic heterocycles. The van der Waals surface area contributed by atoms with Crippen LogP contribution in [0.3, 0.4) is 0 Å². The van der Waals surface area contributed by atoms with Gasteiger partial charge in [0, 0.05) is 30.7 Å². The lowest BCUT2D eigenvalue weighted by Gasteiger charge is -2.11. The Morgan fingerprint density at radius 3 is 2.31 bits per heavy atom. The number of urea groups is 1. The number of hydrogen-bond donors (Lipinski definition) is 3. The molecule has 2 amide bonds. The van der Waals surface area contributed by atoms with Crippen LogP contribution in [0.4, 0.5) is 25.0 Å². The summed E-state index contributed by atoms with van der Waals surface area (Å²) in [5.41, 5.74) is 0.830. The number of benzene rings is 2. The van der Waals surface area contributed by atoms with Gasteiger partial charge in [0.05, 0.1) is 12.3 Å². The highest BCUT2D eigenvalue weighted by Gasteiger charge is 2.06. The molecule has 0 aliphatic heterocycles. The van der Waals surface area contributed by atoms with Crippen LogP contribution in [0.25, 0.3) is 0 Å². The molecule has 32 heavy (non-hydrogen) atoms. The van der Waals surface area contributed by atoms with Crippen LogP contribution in [0.2, 0.25) is 0 Å². The number of ether oxygens (including phenoxy) is 1. The Hall–Kier alpha value is -2.72. The summed E-state index contributed by atoms with van der Waals surface area (Å²) in [5, 5.41) is 8.72. The largest absolute Gasteiger partial charge is 0.491 e. The van der Waals surface area contributed by atoms with E-state index in [9.17, 15) is 13.6 Å². The van der Waals surface area contributed by atoms with Crippen LogP contribution in [-0.4, -0.2) is 24.3 Å². The Labute approximate surface area is 197 Å². The number of nitrogens with zero attached hydrogens (tertiary/aromatic N) is 1. The summed E-state index contributed by atoms with van der Waals surface area (Å²) < 4.78 is 35.2. The molecular weight excluding hydrogens is 454 g/mol. The van der Waals surface area contributed by atoms with Crippen LogP contribution >= 0.6 is 12.2 Å². The molecule has 2 aromatic carbocycles. The lowest BCUT2D eigenvalue weighted by atomic mass is 10.1. The number of rotatable bonds is 12. The van der Waals surface area contributed by atoms with Gasteiger partial charge in [0.2, 0.25) is 0 Å². The monoisotopic (exact) mass is 480 g/mol. The topological polar surface area (TPSA) is 74.8 Å². The maximum atomic E-state index is 13.2. The first-order valence-electron chi connectivity index (χ1n) is 10.3. The van der Waals surface area contributed by atoms with Crippen molar-refractivity contribution >= 4 is 47.2 Å². The molecule has 0 bridgehead atoms. The number of hydrogen-bond acceptors (Lipinski definition) is 4. The molecule has 6 nitrogen and oxygen atoms in total. The quantitative estimate of drug-likeness (QED) is 0.258. The second-order valence-electron chi connectivity index (χ2n) is 7.03. The molecule has 0 heterocycles. The van der Waals surface area contributed by atoms with Gasteiger partial charge in [-0.2, -0.15) is 0 Å². The first kappa shape index (κ1) is 25.5. The van der Waals surface area contributed by atoms with Gasteiger partial charge in [-0.25, -0.2) is 13.6 Å². The molecule has 0 saturated heterocycles. The molecule has 3 N–H and O–H groups in total. The van der Waals surface area contributed by atoms with E-state index in [4.69, 9.17) is 17.0 Å². The third-order valence-electron chi connectivity index (χ3n) is 4.45. The summed E-state index contributed by atoms with van der Waals surface area (Å²) in [6.45, 7) is 1.24. The number of carbonyl (C=O) groups excluding carboxylic acids is 1. The standard InChI is InChI=1S/C22H26F2N4O2S2/c23-16-13-17(24)15-18(14-16)26-22(31)25-11-7-3-1-2-4-8-12-30-20-10-6-5-9-19(20)27-21(29)28-32/h5-6,9-10,13-15H,1-4,7-8,11-12H2,(H,27,29)(H2,25,26,31). The van der Waals surface area contributed by atoms with Gasteiger partial charge < -0.3 is 20.7 Å². The average Bonchev–Trinajstić information content (AvgIpc) is 2.75. The van der Waals surface area contributed by atoms with E-state index >= 15 is 0 Å². The van der Waals surface area contributed by atoms with Gasteiger partial charge in [0.15, 0.2) is 5.11 Å². The highest BCUT2D eigenvalue weighted by molar-refractivity contribution is 7.80. The van der Waals surface area contributed by atoms with Crippen LogP contribution in [0, 0.1) is 11.6 Å². The van der Waals surface area contributed by atoms with Crippen molar-refractivity contribution in [2.75, 3.05) is 23.8 Å². The van der Waals surface area contributed by atoms with E-state index in [0.717, 1.165) is 44.6 Å². The summed E-state index contributed by atoms with van der Waals surface area (Å²) in [7, 11) is 0. The molecule has 0 aliphatic rings. The Bertz CT molecular complexity index is 895. The fourth-order valence-corrected chi connectivity index (χ4v) is 3.22. The van der Waals surface area contributed by atoms with E-state index in [2.05, 4.69) is 32.7 Å². The zero-order valence-electron chi connectivity index (χ0n) is 17.5. The first-order chi connectivity index (χ1) is 15.5. The smallest absolute Gasteiger partial charge is 0.356 e. The minimum Gasteiger partial charge on any atom is -0.491 e. The Balaban J connectivity index is 1.50. The highest BCUT2D eigenvalue weighted by Crippen LogP contribution is 2.24. The molecule has 172 valence electrons. The minimum absolute atomic E-state index is 0.280. The van der Waals surface area contributed by atoms with Gasteiger partial charge in [0.25, 0.3) is 0 Å². The van der Waals surface area contributed by atoms with Gasteiger partial charge in [-0.15, -0.1) is 4.36 Å². The van der Waals surface area contributed by atoms with Crippen molar-refractivity contribution in [3.63, 3.8) is 0 Å². The van der Waals surface area contributed by atoms with E-state index in [0.29, 0.717) is 29.7 Å². The zero-order valence-corrected chi connectivity index (χ0v) is 19.2. The summed E-state index contributed by atoms with van der Waals surface area (Å²) in [6, 6.07) is 9.75. The SMILES string of the molecule is O=C(N=S)Nc1ccccc1OCCCCCCCCNC(=S)Nc1cc(F)cc(F)c1. The number of halogens is 2. The van der Waals surface area contributed by atoms with E-state index in [1.54, 1.807) is 18.2 Å². The lowest BCUT2D eigenvalue weighted by molar-refractivity contribution is 0.259. The summed E-state index contributed by atoms with van der Waals surface area (Å²) in [6.07, 6.45) is 6.10. The number of nitrogens with one attached hydrogen (secondary N) is 3. The Morgan fingerprint density at radius 2 is 1.59 bits per heavy atom. The van der Waals surface area contributed by atoms with Crippen molar-refractivity contribution in [3.05, 3.63) is 54.1 Å². The number of para-hydroxylation sites is 2. The number of anilines is 2. The second-order valence-corrected chi connectivity index (χ2v) is 7.62. The van der Waals surface area contributed by atoms with Crippen LogP contribution in [-0.2, 0) is 12.4 Å². The van der Waals surface area contributed by atoms with E-state index < -0.39 is 17.7 Å². The van der Waals surface area contributed by atoms with Gasteiger partial charge in [-0.05, 0) is 49.3 Å². The average molecular weight is 481 g/mol. The van der Waals surface area contributed by atoms with Crippen molar-refractivity contribution in [2.24, 2.45) is 4.36 Å². The number of carbonyl (C=O) groups is 1. The molecule has 0 radical (unpaired) electrons. The molecular formula is C22H26F2N4O2S2. The maximum absolute atomic E-state index is 13.2. The number of thiocarbonyl (C=S) groups is 1. The minimum atomic E-state index is -0.653.